The maximum absolute atomic E-state index is 12.1. The topological polar surface area (TPSA) is 103 Å². The number of nitro benzene ring substituents is 1. The predicted octanol–water partition coefficient (Wildman–Crippen LogP) is 1.19. The standard InChI is InChI=1S/C15H17N5O3/c1-18-6-8-19(9-7-18)11-12(10-16)15(21)17-13-2-4-14(5-3-13)20(22)23/h2-5,11H,6-9H2,1H3,(H,17,21)/b12-11-. The molecule has 1 saturated heterocycles. The number of nitrogens with zero attached hydrogens (tertiary/aromatic N) is 4. The highest BCUT2D eigenvalue weighted by Gasteiger charge is 2.15. The molecule has 0 radical (unpaired) electrons. The quantitative estimate of drug-likeness (QED) is 0.387. The van der Waals surface area contributed by atoms with Gasteiger partial charge in [-0.2, -0.15) is 5.26 Å². The summed E-state index contributed by atoms with van der Waals surface area (Å²) in [7, 11) is 2.02. The maximum Gasteiger partial charge on any atom is 0.269 e. The number of nitrogens with one attached hydrogen (secondary N) is 1. The molecule has 0 aromatic heterocycles. The van der Waals surface area contributed by atoms with Gasteiger partial charge in [-0.15, -0.1) is 0 Å². The van der Waals surface area contributed by atoms with Crippen molar-refractivity contribution in [1.29, 1.82) is 5.26 Å². The van der Waals surface area contributed by atoms with Crippen molar-refractivity contribution in [2.45, 2.75) is 0 Å². The molecule has 1 amide bonds. The molecule has 1 aromatic rings. The summed E-state index contributed by atoms with van der Waals surface area (Å²) >= 11 is 0. The molecular weight excluding hydrogens is 298 g/mol. The first-order valence-electron chi connectivity index (χ1n) is 7.10. The third kappa shape index (κ3) is 4.52. The lowest BCUT2D eigenvalue weighted by molar-refractivity contribution is -0.384. The smallest absolute Gasteiger partial charge is 0.269 e. The molecule has 2 rings (SSSR count). The summed E-state index contributed by atoms with van der Waals surface area (Å²) in [5.74, 6) is -0.528. The normalized spacial score (nSPS) is 15.8. The Labute approximate surface area is 133 Å². The number of rotatable bonds is 4. The monoisotopic (exact) mass is 315 g/mol. The first-order chi connectivity index (χ1) is 11.0. The van der Waals surface area contributed by atoms with Crippen LogP contribution in [0.5, 0.6) is 0 Å². The Morgan fingerprint density at radius 2 is 1.91 bits per heavy atom. The van der Waals surface area contributed by atoms with Crippen molar-refractivity contribution in [3.63, 3.8) is 0 Å². The van der Waals surface area contributed by atoms with Crippen molar-refractivity contribution in [1.82, 2.24) is 9.80 Å². The predicted molar refractivity (Wildman–Crippen MR) is 84.5 cm³/mol. The van der Waals surface area contributed by atoms with Gasteiger partial charge in [-0.3, -0.25) is 14.9 Å². The molecule has 23 heavy (non-hydrogen) atoms. The van der Waals surface area contributed by atoms with Crippen LogP contribution in [-0.4, -0.2) is 53.9 Å². The minimum absolute atomic E-state index is 0.00732. The number of anilines is 1. The molecule has 0 unspecified atom stereocenters. The highest BCUT2D eigenvalue weighted by molar-refractivity contribution is 6.06. The zero-order valence-electron chi connectivity index (χ0n) is 12.7. The van der Waals surface area contributed by atoms with Gasteiger partial charge < -0.3 is 15.1 Å². The van der Waals surface area contributed by atoms with Gasteiger partial charge in [-0.25, -0.2) is 0 Å². The molecule has 0 spiro atoms. The van der Waals surface area contributed by atoms with E-state index in [-0.39, 0.29) is 11.3 Å². The van der Waals surface area contributed by atoms with Crippen molar-refractivity contribution in [3.05, 3.63) is 46.2 Å². The van der Waals surface area contributed by atoms with E-state index in [4.69, 9.17) is 5.26 Å². The Kier molecular flexibility index (Phi) is 5.28. The Bertz CT molecular complexity index is 655. The Morgan fingerprint density at radius 3 is 2.43 bits per heavy atom. The van der Waals surface area contributed by atoms with Crippen LogP contribution in [0.1, 0.15) is 0 Å². The van der Waals surface area contributed by atoms with Crippen LogP contribution in [-0.2, 0) is 4.79 Å². The fourth-order valence-electron chi connectivity index (χ4n) is 2.14. The fraction of sp³-hybridized carbons (Fsp3) is 0.333. The number of non-ortho nitro benzene ring substituents is 1. The summed E-state index contributed by atoms with van der Waals surface area (Å²) in [5, 5.41) is 22.3. The second-order valence-corrected chi connectivity index (χ2v) is 5.25. The van der Waals surface area contributed by atoms with Crippen LogP contribution in [0.25, 0.3) is 0 Å². The second-order valence-electron chi connectivity index (χ2n) is 5.25. The van der Waals surface area contributed by atoms with E-state index in [1.807, 2.05) is 18.0 Å². The lowest BCUT2D eigenvalue weighted by Gasteiger charge is -2.31. The third-order valence-electron chi connectivity index (χ3n) is 3.55. The number of likely N-dealkylation sites (N-methyl/N-ethyl adjacent to an activating group) is 1. The van der Waals surface area contributed by atoms with E-state index in [1.54, 1.807) is 6.20 Å². The van der Waals surface area contributed by atoms with E-state index in [2.05, 4.69) is 10.2 Å². The largest absolute Gasteiger partial charge is 0.374 e. The van der Waals surface area contributed by atoms with Crippen LogP contribution >= 0.6 is 0 Å². The number of amides is 1. The van der Waals surface area contributed by atoms with E-state index < -0.39 is 10.8 Å². The van der Waals surface area contributed by atoms with Crippen LogP contribution in [0.2, 0.25) is 0 Å². The van der Waals surface area contributed by atoms with Crippen LogP contribution in [0.15, 0.2) is 36.0 Å². The maximum atomic E-state index is 12.1. The number of nitriles is 1. The molecule has 0 saturated carbocycles. The number of carbonyl (C=O) groups is 1. The molecule has 1 fully saturated rings. The number of piperazine rings is 1. The first-order valence-corrected chi connectivity index (χ1v) is 7.10. The summed E-state index contributed by atoms with van der Waals surface area (Å²) in [6, 6.07) is 7.35. The number of nitro groups is 1. The SMILES string of the molecule is CN1CCN(/C=C(/C#N)C(=O)Nc2ccc([N+](=O)[O-])cc2)CC1. The van der Waals surface area contributed by atoms with E-state index >= 15 is 0 Å². The van der Waals surface area contributed by atoms with Gasteiger partial charge in [0.1, 0.15) is 11.6 Å². The summed E-state index contributed by atoms with van der Waals surface area (Å²) in [6.45, 7) is 3.26. The number of carbonyl (C=O) groups excluding carboxylic acids is 1. The number of hydrogen-bond acceptors (Lipinski definition) is 6. The molecule has 0 aliphatic carbocycles. The lowest BCUT2D eigenvalue weighted by Crippen LogP contribution is -2.42. The van der Waals surface area contributed by atoms with Gasteiger partial charge in [0.25, 0.3) is 11.6 Å². The van der Waals surface area contributed by atoms with Crippen molar-refractivity contribution in [3.8, 4) is 6.07 Å². The van der Waals surface area contributed by atoms with Gasteiger partial charge in [0.15, 0.2) is 0 Å². The van der Waals surface area contributed by atoms with Crippen molar-refractivity contribution in [2.75, 3.05) is 38.5 Å². The second kappa shape index (κ2) is 7.38. The van der Waals surface area contributed by atoms with Crippen LogP contribution in [0.3, 0.4) is 0 Å². The first kappa shape index (κ1) is 16.5. The number of hydrogen-bond donors (Lipinski definition) is 1. The van der Waals surface area contributed by atoms with Gasteiger partial charge in [0.05, 0.1) is 4.92 Å². The van der Waals surface area contributed by atoms with Gasteiger partial charge in [-0.05, 0) is 19.2 Å². The molecule has 0 atom stereocenters. The van der Waals surface area contributed by atoms with Crippen molar-refractivity contribution in [2.24, 2.45) is 0 Å². The molecule has 8 heteroatoms. The van der Waals surface area contributed by atoms with Crippen molar-refractivity contribution < 1.29 is 9.72 Å². The van der Waals surface area contributed by atoms with E-state index in [0.29, 0.717) is 5.69 Å². The molecule has 8 nitrogen and oxygen atoms in total. The molecule has 1 aromatic carbocycles. The summed E-state index contributed by atoms with van der Waals surface area (Å²) < 4.78 is 0. The minimum Gasteiger partial charge on any atom is -0.374 e. The zero-order valence-corrected chi connectivity index (χ0v) is 12.7. The van der Waals surface area contributed by atoms with Crippen LogP contribution in [0, 0.1) is 21.4 Å². The fourth-order valence-corrected chi connectivity index (χ4v) is 2.14. The van der Waals surface area contributed by atoms with E-state index in [9.17, 15) is 14.9 Å². The Morgan fingerprint density at radius 1 is 1.30 bits per heavy atom. The summed E-state index contributed by atoms with van der Waals surface area (Å²) in [5.41, 5.74) is 0.351. The summed E-state index contributed by atoms with van der Waals surface area (Å²) in [4.78, 5) is 26.3. The average Bonchev–Trinajstić information content (AvgIpc) is 2.54. The summed E-state index contributed by atoms with van der Waals surface area (Å²) in [6.07, 6.45) is 1.56. The highest BCUT2D eigenvalue weighted by Crippen LogP contribution is 2.16. The lowest BCUT2D eigenvalue weighted by atomic mass is 10.2. The minimum atomic E-state index is -0.528. The molecule has 0 bridgehead atoms. The molecule has 1 N–H and O–H groups in total. The van der Waals surface area contributed by atoms with Crippen LogP contribution in [0.4, 0.5) is 11.4 Å². The highest BCUT2D eigenvalue weighted by atomic mass is 16.6. The molecule has 1 aliphatic heterocycles. The zero-order chi connectivity index (χ0) is 16.8. The van der Waals surface area contributed by atoms with Gasteiger partial charge in [0, 0.05) is 50.2 Å². The van der Waals surface area contributed by atoms with Crippen LogP contribution < -0.4 is 5.32 Å². The molecule has 1 aliphatic rings. The van der Waals surface area contributed by atoms with Gasteiger partial charge in [0.2, 0.25) is 0 Å². The molecule has 120 valence electrons. The number of benzene rings is 1. The van der Waals surface area contributed by atoms with E-state index in [0.717, 1.165) is 26.2 Å². The Hall–Kier alpha value is -2.92. The van der Waals surface area contributed by atoms with Gasteiger partial charge >= 0.3 is 0 Å². The third-order valence-corrected chi connectivity index (χ3v) is 3.55. The average molecular weight is 315 g/mol. The molecule has 1 heterocycles. The van der Waals surface area contributed by atoms with Gasteiger partial charge in [-0.1, -0.05) is 0 Å². The Balaban J connectivity index is 2.02. The van der Waals surface area contributed by atoms with E-state index in [1.165, 1.54) is 24.3 Å². The molecular formula is C15H17N5O3. The van der Waals surface area contributed by atoms with Crippen molar-refractivity contribution >= 4 is 17.3 Å².